The van der Waals surface area contributed by atoms with Gasteiger partial charge in [0.2, 0.25) is 5.91 Å². The van der Waals surface area contributed by atoms with E-state index in [-0.39, 0.29) is 29.8 Å². The Balaban J connectivity index is 1.38. The van der Waals surface area contributed by atoms with Crippen molar-refractivity contribution < 1.29 is 4.79 Å². The predicted octanol–water partition coefficient (Wildman–Crippen LogP) is 4.08. The SMILES string of the molecule is N#CN1[C@H]2CC[C@@H]1[C@H](NC(=O)C1CCC(c3cc(Cl)ccc3Cl)C1)C2. The second kappa shape index (κ2) is 6.70. The van der Waals surface area contributed by atoms with Crippen LogP contribution in [0.2, 0.25) is 10.0 Å². The van der Waals surface area contributed by atoms with Crippen LogP contribution in [-0.2, 0) is 4.79 Å². The molecule has 2 bridgehead atoms. The summed E-state index contributed by atoms with van der Waals surface area (Å²) >= 11 is 12.4. The van der Waals surface area contributed by atoms with Gasteiger partial charge in [0.15, 0.2) is 6.19 Å². The summed E-state index contributed by atoms with van der Waals surface area (Å²) in [6.45, 7) is 0. The lowest BCUT2D eigenvalue weighted by Crippen LogP contribution is -2.45. The highest BCUT2D eigenvalue weighted by atomic mass is 35.5. The van der Waals surface area contributed by atoms with Gasteiger partial charge >= 0.3 is 0 Å². The van der Waals surface area contributed by atoms with E-state index in [0.717, 1.165) is 49.1 Å². The minimum absolute atomic E-state index is 0.0229. The van der Waals surface area contributed by atoms with E-state index in [1.54, 1.807) is 6.07 Å². The van der Waals surface area contributed by atoms with Crippen LogP contribution < -0.4 is 5.32 Å². The number of carbonyl (C=O) groups is 1. The molecule has 1 saturated carbocycles. The fourth-order valence-corrected chi connectivity index (χ4v) is 5.38. The lowest BCUT2D eigenvalue weighted by molar-refractivity contribution is -0.125. The van der Waals surface area contributed by atoms with E-state index >= 15 is 0 Å². The van der Waals surface area contributed by atoms with Gasteiger partial charge in [-0.1, -0.05) is 23.2 Å². The van der Waals surface area contributed by atoms with Gasteiger partial charge in [-0.15, -0.1) is 0 Å². The van der Waals surface area contributed by atoms with Crippen LogP contribution in [-0.4, -0.2) is 28.9 Å². The average molecular weight is 378 g/mol. The molecule has 5 atom stereocenters. The molecule has 2 heterocycles. The second-order valence-electron chi connectivity index (χ2n) is 7.53. The van der Waals surface area contributed by atoms with Crippen molar-refractivity contribution in [3.8, 4) is 6.19 Å². The van der Waals surface area contributed by atoms with Crippen molar-refractivity contribution >= 4 is 29.1 Å². The van der Waals surface area contributed by atoms with Crippen LogP contribution >= 0.6 is 23.2 Å². The zero-order chi connectivity index (χ0) is 17.6. The Hall–Kier alpha value is -1.44. The summed E-state index contributed by atoms with van der Waals surface area (Å²) in [5, 5.41) is 13.9. The molecule has 25 heavy (non-hydrogen) atoms. The number of rotatable bonds is 3. The van der Waals surface area contributed by atoms with Crippen LogP contribution in [0.3, 0.4) is 0 Å². The van der Waals surface area contributed by atoms with E-state index < -0.39 is 0 Å². The topological polar surface area (TPSA) is 56.1 Å². The van der Waals surface area contributed by atoms with Crippen molar-refractivity contribution in [3.05, 3.63) is 33.8 Å². The lowest BCUT2D eigenvalue weighted by Gasteiger charge is -2.23. The predicted molar refractivity (Wildman–Crippen MR) is 97.4 cm³/mol. The number of nitrogens with one attached hydrogen (secondary N) is 1. The molecule has 2 aliphatic heterocycles. The molecule has 6 heteroatoms. The van der Waals surface area contributed by atoms with Crippen LogP contribution in [0.25, 0.3) is 0 Å². The molecule has 0 aromatic heterocycles. The van der Waals surface area contributed by atoms with Crippen LogP contribution in [0.15, 0.2) is 18.2 Å². The first kappa shape index (κ1) is 17.0. The van der Waals surface area contributed by atoms with Gasteiger partial charge in [0, 0.05) is 22.0 Å². The maximum Gasteiger partial charge on any atom is 0.223 e. The van der Waals surface area contributed by atoms with Gasteiger partial charge in [-0.25, -0.2) is 0 Å². The highest BCUT2D eigenvalue weighted by molar-refractivity contribution is 6.33. The van der Waals surface area contributed by atoms with Gasteiger partial charge < -0.3 is 10.2 Å². The van der Waals surface area contributed by atoms with E-state index in [2.05, 4.69) is 11.5 Å². The van der Waals surface area contributed by atoms with Crippen molar-refractivity contribution in [2.24, 2.45) is 5.92 Å². The third kappa shape index (κ3) is 3.09. The molecule has 2 saturated heterocycles. The molecule has 1 aromatic carbocycles. The summed E-state index contributed by atoms with van der Waals surface area (Å²) in [6, 6.07) is 6.19. The third-order valence-electron chi connectivity index (χ3n) is 6.18. The van der Waals surface area contributed by atoms with E-state index in [9.17, 15) is 10.1 Å². The first-order chi connectivity index (χ1) is 12.1. The van der Waals surface area contributed by atoms with Crippen LogP contribution in [0.4, 0.5) is 0 Å². The number of hydrogen-bond acceptors (Lipinski definition) is 3. The maximum absolute atomic E-state index is 12.7. The summed E-state index contributed by atoms with van der Waals surface area (Å²) in [7, 11) is 0. The first-order valence-corrected chi connectivity index (χ1v) is 9.76. The lowest BCUT2D eigenvalue weighted by atomic mass is 9.93. The zero-order valence-electron chi connectivity index (χ0n) is 13.9. The summed E-state index contributed by atoms with van der Waals surface area (Å²) < 4.78 is 0. The molecule has 3 fully saturated rings. The van der Waals surface area contributed by atoms with Gasteiger partial charge in [-0.2, -0.15) is 5.26 Å². The second-order valence-corrected chi connectivity index (χ2v) is 8.37. The van der Waals surface area contributed by atoms with Crippen molar-refractivity contribution in [1.29, 1.82) is 5.26 Å². The van der Waals surface area contributed by atoms with Gasteiger partial charge in [0.1, 0.15) is 0 Å². The molecule has 1 amide bonds. The van der Waals surface area contributed by atoms with Crippen LogP contribution in [0.1, 0.15) is 50.0 Å². The van der Waals surface area contributed by atoms with E-state index in [0.29, 0.717) is 11.1 Å². The number of benzene rings is 1. The van der Waals surface area contributed by atoms with Crippen molar-refractivity contribution in [1.82, 2.24) is 10.2 Å². The van der Waals surface area contributed by atoms with Crippen molar-refractivity contribution in [3.63, 3.8) is 0 Å². The van der Waals surface area contributed by atoms with Gasteiger partial charge in [-0.3, -0.25) is 4.79 Å². The van der Waals surface area contributed by atoms with E-state index in [1.165, 1.54) is 0 Å². The molecule has 0 spiro atoms. The minimum atomic E-state index is 0.0229. The average Bonchev–Trinajstić information content (AvgIpc) is 3.30. The quantitative estimate of drug-likeness (QED) is 0.807. The molecule has 1 N–H and O–H groups in total. The first-order valence-electron chi connectivity index (χ1n) is 9.00. The fraction of sp³-hybridized carbons (Fsp3) is 0.579. The smallest absolute Gasteiger partial charge is 0.223 e. The summed E-state index contributed by atoms with van der Waals surface area (Å²) in [4.78, 5) is 14.6. The molecule has 4 nitrogen and oxygen atoms in total. The van der Waals surface area contributed by atoms with Gasteiger partial charge in [0.25, 0.3) is 0 Å². The summed E-state index contributed by atoms with van der Waals surface area (Å²) in [5.41, 5.74) is 1.06. The Labute approximate surface area is 158 Å². The number of nitrogens with zero attached hydrogens (tertiary/aromatic N) is 2. The third-order valence-corrected chi connectivity index (χ3v) is 6.76. The fourth-order valence-electron chi connectivity index (χ4n) is 4.93. The molecular weight excluding hydrogens is 357 g/mol. The number of halogens is 2. The maximum atomic E-state index is 12.7. The highest BCUT2D eigenvalue weighted by Crippen LogP contribution is 2.42. The largest absolute Gasteiger partial charge is 0.351 e. The number of hydrogen-bond donors (Lipinski definition) is 1. The Morgan fingerprint density at radius 1 is 1.20 bits per heavy atom. The number of carbonyl (C=O) groups excluding carboxylic acids is 1. The normalized spacial score (nSPS) is 33.5. The summed E-state index contributed by atoms with van der Waals surface area (Å²) in [5.74, 6) is 0.448. The Bertz CT molecular complexity index is 732. The van der Waals surface area contributed by atoms with E-state index in [1.807, 2.05) is 17.0 Å². The summed E-state index contributed by atoms with van der Waals surface area (Å²) in [6.07, 6.45) is 7.93. The molecule has 4 rings (SSSR count). The van der Waals surface area contributed by atoms with Crippen LogP contribution in [0, 0.1) is 17.4 Å². The standard InChI is InChI=1S/C19H21Cl2N3O/c20-13-3-5-16(21)15(8-13)11-1-2-12(7-11)19(25)23-17-9-14-4-6-18(17)24(14)10-22/h3,5,8,11-12,14,17-18H,1-2,4,6-7,9H2,(H,23,25)/t11?,12?,14-,17+,18+/m0/s1. The Morgan fingerprint density at radius 2 is 2.04 bits per heavy atom. The molecule has 1 aromatic rings. The molecule has 1 aliphatic carbocycles. The Kier molecular flexibility index (Phi) is 4.56. The molecule has 3 aliphatic rings. The highest BCUT2D eigenvalue weighted by Gasteiger charge is 2.47. The minimum Gasteiger partial charge on any atom is -0.351 e. The number of amides is 1. The molecule has 132 valence electrons. The Morgan fingerprint density at radius 3 is 2.80 bits per heavy atom. The van der Waals surface area contributed by atoms with Gasteiger partial charge in [-0.05, 0) is 68.2 Å². The van der Waals surface area contributed by atoms with Crippen LogP contribution in [0.5, 0.6) is 0 Å². The van der Waals surface area contributed by atoms with Gasteiger partial charge in [0.05, 0.1) is 12.1 Å². The van der Waals surface area contributed by atoms with E-state index in [4.69, 9.17) is 23.2 Å². The van der Waals surface area contributed by atoms with Crippen molar-refractivity contribution in [2.75, 3.05) is 0 Å². The number of nitriles is 1. The zero-order valence-corrected chi connectivity index (χ0v) is 15.4. The molecule has 0 radical (unpaired) electrons. The monoisotopic (exact) mass is 377 g/mol. The number of fused-ring (bicyclic) bond motifs is 2. The molecule has 2 unspecified atom stereocenters. The van der Waals surface area contributed by atoms with Crippen molar-refractivity contribution in [2.45, 2.75) is 62.6 Å². The molecular formula is C19H21Cl2N3O.